The van der Waals surface area contributed by atoms with E-state index in [1.54, 1.807) is 12.4 Å². The van der Waals surface area contributed by atoms with Gasteiger partial charge in [0.1, 0.15) is 11.7 Å². The first-order valence-corrected chi connectivity index (χ1v) is 9.48. The SMILES string of the molecule is N#Cc1cnc2[nH]ccc2c1N[C@H]1C[C@@H](NSc2ccc(C(F)(F)F)cc2)C1. The molecule has 0 spiro atoms. The van der Waals surface area contributed by atoms with Crippen LogP contribution in [0.25, 0.3) is 11.0 Å². The van der Waals surface area contributed by atoms with Gasteiger partial charge < -0.3 is 10.3 Å². The number of fused-ring (bicyclic) bond motifs is 1. The molecule has 0 radical (unpaired) electrons. The van der Waals surface area contributed by atoms with E-state index in [9.17, 15) is 18.4 Å². The fraction of sp³-hybridized carbons (Fsp3) is 0.263. The Morgan fingerprint density at radius 1 is 1.14 bits per heavy atom. The second kappa shape index (κ2) is 7.37. The summed E-state index contributed by atoms with van der Waals surface area (Å²) < 4.78 is 41.1. The van der Waals surface area contributed by atoms with E-state index >= 15 is 0 Å². The van der Waals surface area contributed by atoms with Gasteiger partial charge in [0, 0.05) is 34.8 Å². The predicted molar refractivity (Wildman–Crippen MR) is 102 cm³/mol. The van der Waals surface area contributed by atoms with Gasteiger partial charge in [-0.3, -0.25) is 4.72 Å². The molecule has 144 valence electrons. The lowest BCUT2D eigenvalue weighted by Gasteiger charge is -2.37. The number of pyridine rings is 1. The molecule has 28 heavy (non-hydrogen) atoms. The van der Waals surface area contributed by atoms with Crippen LogP contribution in [0.3, 0.4) is 0 Å². The minimum Gasteiger partial charge on any atom is -0.380 e. The number of nitriles is 1. The molecule has 1 fully saturated rings. The third kappa shape index (κ3) is 3.79. The molecule has 3 aromatic rings. The highest BCUT2D eigenvalue weighted by Crippen LogP contribution is 2.33. The maximum atomic E-state index is 12.6. The minimum atomic E-state index is -4.32. The Hall–Kier alpha value is -2.70. The largest absolute Gasteiger partial charge is 0.416 e. The van der Waals surface area contributed by atoms with Crippen molar-refractivity contribution in [1.29, 1.82) is 5.26 Å². The van der Waals surface area contributed by atoms with Gasteiger partial charge in [-0.2, -0.15) is 18.4 Å². The average molecular weight is 403 g/mol. The average Bonchev–Trinajstić information content (AvgIpc) is 3.12. The van der Waals surface area contributed by atoms with Crippen molar-refractivity contribution in [3.8, 4) is 6.07 Å². The lowest BCUT2D eigenvalue weighted by atomic mass is 9.87. The van der Waals surface area contributed by atoms with Crippen molar-refractivity contribution < 1.29 is 13.2 Å². The van der Waals surface area contributed by atoms with Crippen LogP contribution in [0.1, 0.15) is 24.0 Å². The Morgan fingerprint density at radius 2 is 1.89 bits per heavy atom. The molecule has 5 nitrogen and oxygen atoms in total. The molecule has 0 aliphatic heterocycles. The molecule has 1 aromatic carbocycles. The summed E-state index contributed by atoms with van der Waals surface area (Å²) in [7, 11) is 0. The number of H-pyrrole nitrogens is 1. The fourth-order valence-electron chi connectivity index (χ4n) is 3.15. The first kappa shape index (κ1) is 18.7. The van der Waals surface area contributed by atoms with Gasteiger partial charge >= 0.3 is 6.18 Å². The summed E-state index contributed by atoms with van der Waals surface area (Å²) in [5.74, 6) is 0. The fourth-order valence-corrected chi connectivity index (χ4v) is 3.91. The molecule has 1 aliphatic rings. The normalized spacial score (nSPS) is 19.2. The van der Waals surface area contributed by atoms with Crippen molar-refractivity contribution in [2.75, 3.05) is 5.32 Å². The van der Waals surface area contributed by atoms with Crippen molar-refractivity contribution in [3.63, 3.8) is 0 Å². The number of alkyl halides is 3. The monoisotopic (exact) mass is 403 g/mol. The van der Waals surface area contributed by atoms with Gasteiger partial charge in [-0.15, -0.1) is 0 Å². The van der Waals surface area contributed by atoms with Crippen LogP contribution < -0.4 is 10.0 Å². The molecule has 2 heterocycles. The van der Waals surface area contributed by atoms with Crippen molar-refractivity contribution in [2.45, 2.75) is 36.0 Å². The van der Waals surface area contributed by atoms with Crippen LogP contribution in [-0.2, 0) is 6.18 Å². The van der Waals surface area contributed by atoms with Gasteiger partial charge in [0.2, 0.25) is 0 Å². The van der Waals surface area contributed by atoms with Crippen LogP contribution in [0, 0.1) is 11.3 Å². The van der Waals surface area contributed by atoms with E-state index in [0.717, 1.165) is 46.6 Å². The van der Waals surface area contributed by atoms with Crippen LogP contribution in [0.5, 0.6) is 0 Å². The Labute approximate surface area is 163 Å². The summed E-state index contributed by atoms with van der Waals surface area (Å²) >= 11 is 1.33. The Balaban J connectivity index is 1.31. The molecule has 0 atom stereocenters. The Bertz CT molecular complexity index is 1020. The zero-order valence-electron chi connectivity index (χ0n) is 14.5. The maximum absolute atomic E-state index is 12.6. The van der Waals surface area contributed by atoms with Gasteiger partial charge in [0.15, 0.2) is 0 Å². The molecule has 0 unspecified atom stereocenters. The number of aromatic amines is 1. The molecule has 9 heteroatoms. The molecular weight excluding hydrogens is 387 g/mol. The number of hydrogen-bond acceptors (Lipinski definition) is 5. The Kier molecular flexibility index (Phi) is 4.91. The second-order valence-corrected chi connectivity index (χ2v) is 7.56. The first-order valence-electron chi connectivity index (χ1n) is 8.66. The number of anilines is 1. The summed E-state index contributed by atoms with van der Waals surface area (Å²) in [6.07, 6.45) is 0.731. The summed E-state index contributed by atoms with van der Waals surface area (Å²) in [6, 6.07) is 9.63. The van der Waals surface area contributed by atoms with E-state index in [2.05, 4.69) is 26.1 Å². The highest BCUT2D eigenvalue weighted by atomic mass is 32.2. The number of nitrogens with one attached hydrogen (secondary N) is 3. The maximum Gasteiger partial charge on any atom is 0.416 e. The topological polar surface area (TPSA) is 76.5 Å². The van der Waals surface area contributed by atoms with Crippen LogP contribution in [0.4, 0.5) is 18.9 Å². The van der Waals surface area contributed by atoms with Crippen molar-refractivity contribution in [2.24, 2.45) is 0 Å². The second-order valence-electron chi connectivity index (χ2n) is 6.65. The van der Waals surface area contributed by atoms with Gasteiger partial charge in [-0.25, -0.2) is 4.98 Å². The van der Waals surface area contributed by atoms with Gasteiger partial charge in [0.05, 0.1) is 16.8 Å². The van der Waals surface area contributed by atoms with Crippen LogP contribution in [0.2, 0.25) is 0 Å². The number of aromatic nitrogens is 2. The van der Waals surface area contributed by atoms with Crippen molar-refractivity contribution >= 4 is 28.7 Å². The summed E-state index contributed by atoms with van der Waals surface area (Å²) in [4.78, 5) is 7.99. The van der Waals surface area contributed by atoms with E-state index in [4.69, 9.17) is 0 Å². The number of benzene rings is 1. The summed E-state index contributed by atoms with van der Waals surface area (Å²) in [5, 5.41) is 13.6. The molecule has 4 rings (SSSR count). The molecule has 0 bridgehead atoms. The smallest absolute Gasteiger partial charge is 0.380 e. The highest BCUT2D eigenvalue weighted by Gasteiger charge is 2.31. The number of nitrogens with zero attached hydrogens (tertiary/aromatic N) is 2. The van der Waals surface area contributed by atoms with Gasteiger partial charge in [0.25, 0.3) is 0 Å². The van der Waals surface area contributed by atoms with Crippen LogP contribution in [0.15, 0.2) is 47.6 Å². The van der Waals surface area contributed by atoms with Gasteiger partial charge in [-0.1, -0.05) is 0 Å². The summed E-state index contributed by atoms with van der Waals surface area (Å²) in [5.41, 5.74) is 1.37. The first-order chi connectivity index (χ1) is 13.4. The Morgan fingerprint density at radius 3 is 2.57 bits per heavy atom. The van der Waals surface area contributed by atoms with E-state index in [-0.39, 0.29) is 12.1 Å². The molecule has 3 N–H and O–H groups in total. The standard InChI is InChI=1S/C19H16F3N5S/c20-19(21,22)12-1-3-15(4-2-12)28-27-14-7-13(8-14)26-17-11(9-23)10-25-18-16(17)5-6-24-18/h1-6,10,13-14,27H,7-8H2,(H2,24,25,26)/t13-,14+. The lowest BCUT2D eigenvalue weighted by Crippen LogP contribution is -2.45. The quantitative estimate of drug-likeness (QED) is 0.539. The van der Waals surface area contributed by atoms with Gasteiger partial charge in [-0.05, 0) is 55.1 Å². The van der Waals surface area contributed by atoms with E-state index in [1.807, 2.05) is 6.07 Å². The van der Waals surface area contributed by atoms with Crippen molar-refractivity contribution in [3.05, 3.63) is 53.9 Å². The molecular formula is C19H16F3N5S. The minimum absolute atomic E-state index is 0.221. The molecule has 0 saturated heterocycles. The third-order valence-corrected chi connectivity index (χ3v) is 5.68. The number of hydrogen-bond donors (Lipinski definition) is 3. The van der Waals surface area contributed by atoms with Crippen LogP contribution >= 0.6 is 11.9 Å². The molecule has 1 aliphatic carbocycles. The lowest BCUT2D eigenvalue weighted by molar-refractivity contribution is -0.137. The summed E-state index contributed by atoms with van der Waals surface area (Å²) in [6.45, 7) is 0. The van der Waals surface area contributed by atoms with E-state index in [0.29, 0.717) is 5.56 Å². The van der Waals surface area contributed by atoms with Crippen molar-refractivity contribution in [1.82, 2.24) is 14.7 Å². The highest BCUT2D eigenvalue weighted by molar-refractivity contribution is 7.97. The third-order valence-electron chi connectivity index (χ3n) is 4.72. The van der Waals surface area contributed by atoms with E-state index in [1.165, 1.54) is 24.1 Å². The molecule has 1 saturated carbocycles. The number of rotatable bonds is 5. The number of halogens is 3. The zero-order chi connectivity index (χ0) is 19.7. The predicted octanol–water partition coefficient (Wildman–Crippen LogP) is 4.69. The molecule has 0 amide bonds. The van der Waals surface area contributed by atoms with Crippen LogP contribution in [-0.4, -0.2) is 22.1 Å². The molecule has 2 aromatic heterocycles. The zero-order valence-corrected chi connectivity index (χ0v) is 15.4. The van der Waals surface area contributed by atoms with E-state index < -0.39 is 11.7 Å².